The minimum Gasteiger partial charge on any atom is -0.383 e. The summed E-state index contributed by atoms with van der Waals surface area (Å²) < 4.78 is 13.1. The highest BCUT2D eigenvalue weighted by Crippen LogP contribution is 2.14. The quantitative estimate of drug-likeness (QED) is 0.876. The van der Waals surface area contributed by atoms with Crippen molar-refractivity contribution in [1.82, 2.24) is 9.88 Å². The Morgan fingerprint density at radius 2 is 2.39 bits per heavy atom. The lowest BCUT2D eigenvalue weighted by molar-refractivity contribution is 0.0753. The van der Waals surface area contributed by atoms with E-state index < -0.39 is 11.7 Å². The molecule has 0 aromatic carbocycles. The van der Waals surface area contributed by atoms with Crippen molar-refractivity contribution in [2.24, 2.45) is 5.92 Å². The Morgan fingerprint density at radius 3 is 2.94 bits per heavy atom. The van der Waals surface area contributed by atoms with Crippen LogP contribution in [0.4, 0.5) is 10.2 Å². The Hall–Kier alpha value is -2.16. The van der Waals surface area contributed by atoms with Crippen LogP contribution in [-0.2, 0) is 0 Å². The summed E-state index contributed by atoms with van der Waals surface area (Å²) in [4.78, 5) is 17.2. The first-order valence-corrected chi connectivity index (χ1v) is 5.59. The van der Waals surface area contributed by atoms with Gasteiger partial charge in [-0.1, -0.05) is 0 Å². The fourth-order valence-electron chi connectivity index (χ4n) is 1.52. The zero-order valence-corrected chi connectivity index (χ0v) is 10.4. The smallest absolute Gasteiger partial charge is 0.257 e. The van der Waals surface area contributed by atoms with Crippen molar-refractivity contribution in [1.29, 1.82) is 5.26 Å². The third kappa shape index (κ3) is 3.17. The maximum Gasteiger partial charge on any atom is 0.257 e. The zero-order chi connectivity index (χ0) is 13.7. The van der Waals surface area contributed by atoms with E-state index in [-0.39, 0.29) is 23.8 Å². The summed E-state index contributed by atoms with van der Waals surface area (Å²) in [5.41, 5.74) is 5.59. The third-order valence-corrected chi connectivity index (χ3v) is 2.50. The van der Waals surface area contributed by atoms with Crippen molar-refractivity contribution in [3.8, 4) is 6.07 Å². The molecule has 1 rings (SSSR count). The summed E-state index contributed by atoms with van der Waals surface area (Å²) in [6.45, 7) is 4.19. The first-order valence-electron chi connectivity index (χ1n) is 5.59. The molecule has 0 aliphatic rings. The Bertz CT molecular complexity index is 483. The third-order valence-electron chi connectivity index (χ3n) is 2.50. The fraction of sp³-hybridized carbons (Fsp3) is 0.417. The second-order valence-corrected chi connectivity index (χ2v) is 3.96. The van der Waals surface area contributed by atoms with Crippen LogP contribution >= 0.6 is 0 Å². The number of nitriles is 1. The summed E-state index contributed by atoms with van der Waals surface area (Å²) in [5, 5.41) is 8.75. The molecule has 1 unspecified atom stereocenters. The van der Waals surface area contributed by atoms with Gasteiger partial charge < -0.3 is 10.6 Å². The van der Waals surface area contributed by atoms with E-state index in [9.17, 15) is 9.18 Å². The number of nitrogens with two attached hydrogens (primary N) is 1. The fourth-order valence-corrected chi connectivity index (χ4v) is 1.52. The van der Waals surface area contributed by atoms with Crippen molar-refractivity contribution in [2.75, 3.05) is 18.8 Å². The number of rotatable bonds is 4. The minimum atomic E-state index is -0.614. The molecule has 5 nitrogen and oxygen atoms in total. The Balaban J connectivity index is 2.97. The highest BCUT2D eigenvalue weighted by atomic mass is 19.1. The summed E-state index contributed by atoms with van der Waals surface area (Å²) in [7, 11) is 0. The molecule has 0 spiro atoms. The molecule has 0 fully saturated rings. The molecule has 0 bridgehead atoms. The first kappa shape index (κ1) is 13.9. The van der Waals surface area contributed by atoms with Gasteiger partial charge in [-0.2, -0.15) is 5.26 Å². The average Bonchev–Trinajstić information content (AvgIpc) is 2.37. The first-order chi connectivity index (χ1) is 8.49. The highest BCUT2D eigenvalue weighted by molar-refractivity contribution is 5.98. The van der Waals surface area contributed by atoms with Gasteiger partial charge in [0.1, 0.15) is 11.6 Å². The van der Waals surface area contributed by atoms with Crippen LogP contribution in [0.25, 0.3) is 0 Å². The van der Waals surface area contributed by atoms with Crippen molar-refractivity contribution in [2.45, 2.75) is 13.8 Å². The number of amides is 1. The van der Waals surface area contributed by atoms with Crippen LogP contribution < -0.4 is 5.73 Å². The van der Waals surface area contributed by atoms with Crippen molar-refractivity contribution in [3.63, 3.8) is 0 Å². The van der Waals surface area contributed by atoms with E-state index >= 15 is 0 Å². The molecule has 1 aromatic heterocycles. The number of hydrogen-bond donors (Lipinski definition) is 1. The van der Waals surface area contributed by atoms with Gasteiger partial charge in [-0.15, -0.1) is 0 Å². The molecule has 96 valence electrons. The van der Waals surface area contributed by atoms with E-state index in [2.05, 4.69) is 4.98 Å². The van der Waals surface area contributed by atoms with E-state index in [0.29, 0.717) is 6.54 Å². The molecule has 1 heterocycles. The van der Waals surface area contributed by atoms with E-state index in [0.717, 1.165) is 12.3 Å². The number of aromatic nitrogens is 1. The van der Waals surface area contributed by atoms with Crippen molar-refractivity contribution in [3.05, 3.63) is 23.6 Å². The molecule has 1 amide bonds. The van der Waals surface area contributed by atoms with Crippen LogP contribution in [0.1, 0.15) is 24.2 Å². The molecule has 6 heteroatoms. The molecule has 0 saturated carbocycles. The Kier molecular flexibility index (Phi) is 4.60. The molecule has 18 heavy (non-hydrogen) atoms. The van der Waals surface area contributed by atoms with E-state index in [4.69, 9.17) is 11.0 Å². The lowest BCUT2D eigenvalue weighted by atomic mass is 10.1. The molecule has 0 saturated heterocycles. The van der Waals surface area contributed by atoms with Gasteiger partial charge in [-0.05, 0) is 19.9 Å². The summed E-state index contributed by atoms with van der Waals surface area (Å²) in [6, 6.07) is 3.11. The molecule has 0 radical (unpaired) electrons. The molecular formula is C12H15FN4O. The second-order valence-electron chi connectivity index (χ2n) is 3.96. The van der Waals surface area contributed by atoms with Gasteiger partial charge in [-0.3, -0.25) is 4.79 Å². The number of pyridine rings is 1. The highest BCUT2D eigenvalue weighted by Gasteiger charge is 2.20. The van der Waals surface area contributed by atoms with Gasteiger partial charge in [0.2, 0.25) is 0 Å². The monoisotopic (exact) mass is 250 g/mol. The number of anilines is 1. The standard InChI is InChI=1S/C12H15FN4O/c1-3-17(7-8(2)5-14)12(18)10-4-9(13)6-16-11(10)15/h4,6,8H,3,7H2,1-2H3,(H2,15,16). The maximum absolute atomic E-state index is 13.1. The molecule has 2 N–H and O–H groups in total. The minimum absolute atomic E-state index is 0.00976. The second kappa shape index (κ2) is 5.96. The average molecular weight is 250 g/mol. The number of halogens is 1. The summed E-state index contributed by atoms with van der Waals surface area (Å²) >= 11 is 0. The van der Waals surface area contributed by atoms with E-state index in [1.54, 1.807) is 13.8 Å². The summed E-state index contributed by atoms with van der Waals surface area (Å²) in [6.07, 6.45) is 0.959. The van der Waals surface area contributed by atoms with Gasteiger partial charge in [0, 0.05) is 13.1 Å². The van der Waals surface area contributed by atoms with Gasteiger partial charge in [-0.25, -0.2) is 9.37 Å². The molecule has 0 aliphatic carbocycles. The van der Waals surface area contributed by atoms with Gasteiger partial charge in [0.05, 0.1) is 23.7 Å². The van der Waals surface area contributed by atoms with Crippen LogP contribution in [0.2, 0.25) is 0 Å². The Labute approximate surface area is 105 Å². The topological polar surface area (TPSA) is 83.0 Å². The number of nitrogens with zero attached hydrogens (tertiary/aromatic N) is 3. The predicted octanol–water partition coefficient (Wildman–Crippen LogP) is 1.42. The van der Waals surface area contributed by atoms with E-state index in [1.165, 1.54) is 4.90 Å². The van der Waals surface area contributed by atoms with Gasteiger partial charge in [0.15, 0.2) is 0 Å². The Morgan fingerprint density at radius 1 is 1.72 bits per heavy atom. The van der Waals surface area contributed by atoms with Crippen LogP contribution in [0.15, 0.2) is 12.3 Å². The van der Waals surface area contributed by atoms with Crippen LogP contribution in [0, 0.1) is 23.1 Å². The maximum atomic E-state index is 13.1. The lowest BCUT2D eigenvalue weighted by Gasteiger charge is -2.22. The number of carbonyl (C=O) groups excluding carboxylic acids is 1. The molecular weight excluding hydrogens is 235 g/mol. The van der Waals surface area contributed by atoms with Gasteiger partial charge in [0.25, 0.3) is 5.91 Å². The van der Waals surface area contributed by atoms with Crippen LogP contribution in [0.3, 0.4) is 0 Å². The number of nitrogen functional groups attached to an aromatic ring is 1. The summed E-state index contributed by atoms with van der Waals surface area (Å²) in [5.74, 6) is -1.33. The molecule has 0 aliphatic heterocycles. The predicted molar refractivity (Wildman–Crippen MR) is 65.0 cm³/mol. The van der Waals surface area contributed by atoms with E-state index in [1.807, 2.05) is 6.07 Å². The number of hydrogen-bond acceptors (Lipinski definition) is 4. The SMILES string of the molecule is CCN(CC(C)C#N)C(=O)c1cc(F)cnc1N. The zero-order valence-electron chi connectivity index (χ0n) is 10.4. The normalized spacial score (nSPS) is 11.7. The van der Waals surface area contributed by atoms with Crippen LogP contribution in [-0.4, -0.2) is 28.9 Å². The van der Waals surface area contributed by atoms with Crippen molar-refractivity contribution >= 4 is 11.7 Å². The molecule has 1 aromatic rings. The largest absolute Gasteiger partial charge is 0.383 e. The number of carbonyl (C=O) groups is 1. The molecule has 1 atom stereocenters. The van der Waals surface area contributed by atoms with Gasteiger partial charge >= 0.3 is 0 Å². The lowest BCUT2D eigenvalue weighted by Crippen LogP contribution is -2.35. The van der Waals surface area contributed by atoms with Crippen molar-refractivity contribution < 1.29 is 9.18 Å². The van der Waals surface area contributed by atoms with Crippen LogP contribution in [0.5, 0.6) is 0 Å².